The number of anilines is 2. The number of aromatic amines is 1. The number of H-pyrrole nitrogens is 1. The van der Waals surface area contributed by atoms with Gasteiger partial charge < -0.3 is 20.4 Å². The normalized spacial score (nSPS) is 14.3. The van der Waals surface area contributed by atoms with Crippen LogP contribution in [0.25, 0.3) is 22.6 Å². The molecular formula is C25H27N7O2. The monoisotopic (exact) mass is 457 g/mol. The van der Waals surface area contributed by atoms with Crippen LogP contribution >= 0.6 is 0 Å². The fraction of sp³-hybridized carbons (Fsp3) is 0.280. The average Bonchev–Trinajstić information content (AvgIpc) is 3.31. The fourth-order valence-electron chi connectivity index (χ4n) is 3.95. The van der Waals surface area contributed by atoms with Crippen LogP contribution in [0, 0.1) is 6.92 Å². The first kappa shape index (κ1) is 22.0. The molecule has 0 spiro atoms. The third-order valence-corrected chi connectivity index (χ3v) is 5.94. The van der Waals surface area contributed by atoms with E-state index in [0.29, 0.717) is 28.2 Å². The lowest BCUT2D eigenvalue weighted by Gasteiger charge is -2.26. The maximum Gasteiger partial charge on any atom is 0.258 e. The first-order valence-electron chi connectivity index (χ1n) is 11.4. The molecule has 0 bridgehead atoms. The third-order valence-electron chi connectivity index (χ3n) is 5.94. The van der Waals surface area contributed by atoms with Crippen molar-refractivity contribution in [1.29, 1.82) is 0 Å². The standard InChI is InChI=1S/C25H27N7O2/c1-17-6-8-26-16-21(17)29-25(33)20-7-9-28-24-22(20)30-23(31-24)18-2-4-19(5-3-18)27-10-11-32-12-14-34-15-13-32/h2-9,16,27H,10-15H2,1H3,(H,29,33)(H,28,30,31). The third kappa shape index (κ3) is 4.90. The van der Waals surface area contributed by atoms with E-state index in [1.165, 1.54) is 0 Å². The lowest BCUT2D eigenvalue weighted by Crippen LogP contribution is -2.38. The molecule has 1 aliphatic rings. The minimum atomic E-state index is -0.237. The topological polar surface area (TPSA) is 108 Å². The summed E-state index contributed by atoms with van der Waals surface area (Å²) < 4.78 is 5.39. The van der Waals surface area contributed by atoms with Gasteiger partial charge in [0.05, 0.1) is 36.2 Å². The van der Waals surface area contributed by atoms with Gasteiger partial charge in [-0.1, -0.05) is 0 Å². The lowest BCUT2D eigenvalue weighted by molar-refractivity contribution is 0.0398. The van der Waals surface area contributed by atoms with Gasteiger partial charge in [0.15, 0.2) is 5.65 Å². The molecule has 0 radical (unpaired) electrons. The van der Waals surface area contributed by atoms with Crippen molar-refractivity contribution in [2.45, 2.75) is 6.92 Å². The van der Waals surface area contributed by atoms with Gasteiger partial charge in [0, 0.05) is 49.8 Å². The molecule has 0 aliphatic carbocycles. The summed E-state index contributed by atoms with van der Waals surface area (Å²) in [7, 11) is 0. The van der Waals surface area contributed by atoms with Gasteiger partial charge in [-0.3, -0.25) is 14.7 Å². The highest BCUT2D eigenvalue weighted by molar-refractivity contribution is 6.11. The number of imidazole rings is 1. The van der Waals surface area contributed by atoms with E-state index >= 15 is 0 Å². The molecule has 0 unspecified atom stereocenters. The number of morpholine rings is 1. The maximum atomic E-state index is 13.0. The van der Waals surface area contributed by atoms with Crippen LogP contribution in [0.2, 0.25) is 0 Å². The quantitative estimate of drug-likeness (QED) is 0.391. The number of rotatable bonds is 7. The molecule has 1 saturated heterocycles. The number of carbonyl (C=O) groups is 1. The summed E-state index contributed by atoms with van der Waals surface area (Å²) >= 11 is 0. The van der Waals surface area contributed by atoms with Gasteiger partial charge in [0.2, 0.25) is 0 Å². The summed E-state index contributed by atoms with van der Waals surface area (Å²) in [6, 6.07) is 11.6. The second-order valence-corrected chi connectivity index (χ2v) is 8.25. The Morgan fingerprint density at radius 3 is 2.74 bits per heavy atom. The number of amides is 1. The molecule has 0 saturated carbocycles. The first-order chi connectivity index (χ1) is 16.7. The van der Waals surface area contributed by atoms with Crippen molar-refractivity contribution in [3.05, 3.63) is 66.1 Å². The number of fused-ring (bicyclic) bond motifs is 1. The number of ether oxygens (including phenoxy) is 1. The fourth-order valence-corrected chi connectivity index (χ4v) is 3.95. The summed E-state index contributed by atoms with van der Waals surface area (Å²) in [5, 5.41) is 6.39. The van der Waals surface area contributed by atoms with Crippen molar-refractivity contribution in [1.82, 2.24) is 24.8 Å². The van der Waals surface area contributed by atoms with Crippen molar-refractivity contribution in [3.63, 3.8) is 0 Å². The van der Waals surface area contributed by atoms with Crippen LogP contribution in [0.4, 0.5) is 11.4 Å². The van der Waals surface area contributed by atoms with E-state index in [0.717, 1.165) is 56.2 Å². The van der Waals surface area contributed by atoms with Crippen LogP contribution < -0.4 is 10.6 Å². The van der Waals surface area contributed by atoms with Crippen molar-refractivity contribution < 1.29 is 9.53 Å². The second-order valence-electron chi connectivity index (χ2n) is 8.25. The van der Waals surface area contributed by atoms with Gasteiger partial charge in [0.25, 0.3) is 5.91 Å². The summed E-state index contributed by atoms with van der Waals surface area (Å²) in [6.07, 6.45) is 4.93. The van der Waals surface area contributed by atoms with E-state index in [1.54, 1.807) is 24.7 Å². The Morgan fingerprint density at radius 2 is 1.94 bits per heavy atom. The van der Waals surface area contributed by atoms with Crippen LogP contribution in [0.3, 0.4) is 0 Å². The minimum Gasteiger partial charge on any atom is -0.384 e. The van der Waals surface area contributed by atoms with Gasteiger partial charge in [-0.05, 0) is 48.9 Å². The van der Waals surface area contributed by atoms with Gasteiger partial charge in [-0.15, -0.1) is 0 Å². The number of hydrogen-bond donors (Lipinski definition) is 3. The summed E-state index contributed by atoms with van der Waals surface area (Å²) in [6.45, 7) is 7.40. The van der Waals surface area contributed by atoms with Gasteiger partial charge in [-0.25, -0.2) is 9.97 Å². The molecule has 34 heavy (non-hydrogen) atoms. The zero-order valence-electron chi connectivity index (χ0n) is 19.0. The summed E-state index contributed by atoms with van der Waals surface area (Å²) in [5.74, 6) is 0.429. The molecule has 4 aromatic rings. The predicted octanol–water partition coefficient (Wildman–Crippen LogP) is 3.32. The van der Waals surface area contributed by atoms with Crippen LogP contribution in [-0.2, 0) is 4.74 Å². The molecule has 1 aromatic carbocycles. The van der Waals surface area contributed by atoms with E-state index in [9.17, 15) is 4.79 Å². The highest BCUT2D eigenvalue weighted by atomic mass is 16.5. The van der Waals surface area contributed by atoms with E-state index in [2.05, 4.69) is 35.5 Å². The van der Waals surface area contributed by atoms with Crippen LogP contribution in [0.15, 0.2) is 55.0 Å². The van der Waals surface area contributed by atoms with Crippen molar-refractivity contribution in [2.24, 2.45) is 0 Å². The van der Waals surface area contributed by atoms with Gasteiger partial charge in [-0.2, -0.15) is 0 Å². The van der Waals surface area contributed by atoms with E-state index < -0.39 is 0 Å². The number of nitrogens with one attached hydrogen (secondary N) is 3. The zero-order valence-corrected chi connectivity index (χ0v) is 19.0. The molecule has 9 nitrogen and oxygen atoms in total. The Balaban J connectivity index is 1.28. The highest BCUT2D eigenvalue weighted by Gasteiger charge is 2.16. The van der Waals surface area contributed by atoms with Crippen LogP contribution in [0.1, 0.15) is 15.9 Å². The molecule has 1 fully saturated rings. The Hall–Kier alpha value is -3.82. The zero-order chi connectivity index (χ0) is 23.3. The van der Waals surface area contributed by atoms with Crippen molar-refractivity contribution in [2.75, 3.05) is 50.0 Å². The van der Waals surface area contributed by atoms with Gasteiger partial charge in [0.1, 0.15) is 5.82 Å². The van der Waals surface area contributed by atoms with E-state index in [4.69, 9.17) is 4.74 Å². The highest BCUT2D eigenvalue weighted by Crippen LogP contribution is 2.24. The van der Waals surface area contributed by atoms with Crippen LogP contribution in [-0.4, -0.2) is 70.1 Å². The number of nitrogens with zero attached hydrogens (tertiary/aromatic N) is 4. The van der Waals surface area contributed by atoms with Gasteiger partial charge >= 0.3 is 0 Å². The number of aromatic nitrogens is 4. The van der Waals surface area contributed by atoms with Crippen molar-refractivity contribution >= 4 is 28.4 Å². The molecule has 5 rings (SSSR count). The predicted molar refractivity (Wildman–Crippen MR) is 132 cm³/mol. The molecule has 174 valence electrons. The molecule has 1 aliphatic heterocycles. The summed E-state index contributed by atoms with van der Waals surface area (Å²) in [4.78, 5) is 31.7. The maximum absolute atomic E-state index is 13.0. The smallest absolute Gasteiger partial charge is 0.258 e. The Kier molecular flexibility index (Phi) is 6.46. The number of pyridine rings is 2. The summed E-state index contributed by atoms with van der Waals surface area (Å²) in [5.41, 5.74) is 5.17. The number of hydrogen-bond acceptors (Lipinski definition) is 7. The second kappa shape index (κ2) is 9.98. The Morgan fingerprint density at radius 1 is 1.12 bits per heavy atom. The number of aryl methyl sites for hydroxylation is 1. The Bertz CT molecular complexity index is 1280. The molecular weight excluding hydrogens is 430 g/mol. The molecule has 9 heteroatoms. The van der Waals surface area contributed by atoms with Crippen LogP contribution in [0.5, 0.6) is 0 Å². The van der Waals surface area contributed by atoms with E-state index in [1.807, 2.05) is 37.3 Å². The number of carbonyl (C=O) groups excluding carboxylic acids is 1. The average molecular weight is 458 g/mol. The number of benzene rings is 1. The van der Waals surface area contributed by atoms with Crippen molar-refractivity contribution in [3.8, 4) is 11.4 Å². The van der Waals surface area contributed by atoms with E-state index in [-0.39, 0.29) is 5.91 Å². The Labute approximate surface area is 197 Å². The SMILES string of the molecule is Cc1ccncc1NC(=O)c1ccnc2nc(-c3ccc(NCCN4CCOCC4)cc3)[nH]c12. The molecule has 1 amide bonds. The largest absolute Gasteiger partial charge is 0.384 e. The molecule has 4 heterocycles. The molecule has 3 N–H and O–H groups in total. The lowest BCUT2D eigenvalue weighted by atomic mass is 10.2. The molecule has 0 atom stereocenters. The first-order valence-corrected chi connectivity index (χ1v) is 11.4. The minimum absolute atomic E-state index is 0.237. The molecule has 3 aromatic heterocycles.